The van der Waals surface area contributed by atoms with Gasteiger partial charge in [0.2, 0.25) is 0 Å². The predicted octanol–water partition coefficient (Wildman–Crippen LogP) is 3.18. The van der Waals surface area contributed by atoms with Crippen molar-refractivity contribution < 1.29 is 0 Å². The van der Waals surface area contributed by atoms with Crippen molar-refractivity contribution in [2.45, 2.75) is 19.3 Å². The molecular weight excluding hydrogens is 234 g/mol. The van der Waals surface area contributed by atoms with Crippen LogP contribution in [0.15, 0.2) is 30.5 Å². The Balaban J connectivity index is 2.33. The summed E-state index contributed by atoms with van der Waals surface area (Å²) >= 11 is 6.14. The first-order valence-electron chi connectivity index (χ1n) is 5.76. The van der Waals surface area contributed by atoms with Gasteiger partial charge in [-0.05, 0) is 12.5 Å². The molecule has 0 radical (unpaired) electrons. The summed E-state index contributed by atoms with van der Waals surface area (Å²) in [6.07, 6.45) is 2.79. The topological polar surface area (TPSA) is 54.7 Å². The Morgan fingerprint density at radius 2 is 2.18 bits per heavy atom. The van der Waals surface area contributed by atoms with Crippen LogP contribution < -0.4 is 5.73 Å². The van der Waals surface area contributed by atoms with E-state index in [-0.39, 0.29) is 5.92 Å². The Morgan fingerprint density at radius 3 is 2.82 bits per heavy atom. The molecule has 0 amide bonds. The number of nitrogens with one attached hydrogen (secondary N) is 1. The third kappa shape index (κ3) is 2.51. The lowest BCUT2D eigenvalue weighted by Gasteiger charge is -2.08. The van der Waals surface area contributed by atoms with E-state index in [1.807, 2.05) is 30.5 Å². The van der Waals surface area contributed by atoms with E-state index in [2.05, 4.69) is 16.9 Å². The summed E-state index contributed by atoms with van der Waals surface area (Å²) in [4.78, 5) is 7.68. The minimum Gasteiger partial charge on any atom is -0.342 e. The maximum Gasteiger partial charge on any atom is 0.110 e. The molecule has 1 heterocycles. The van der Waals surface area contributed by atoms with Crippen LogP contribution in [0.4, 0.5) is 0 Å². The molecule has 1 aromatic carbocycles. The van der Waals surface area contributed by atoms with Gasteiger partial charge in [0.1, 0.15) is 5.82 Å². The van der Waals surface area contributed by atoms with Gasteiger partial charge < -0.3 is 10.7 Å². The van der Waals surface area contributed by atoms with Gasteiger partial charge in [-0.3, -0.25) is 0 Å². The molecule has 2 aromatic rings. The second kappa shape index (κ2) is 5.34. The summed E-state index contributed by atoms with van der Waals surface area (Å²) in [6, 6.07) is 7.72. The number of H-pyrrole nitrogens is 1. The third-order valence-electron chi connectivity index (χ3n) is 2.92. The average Bonchev–Trinajstić information content (AvgIpc) is 2.81. The molecule has 1 unspecified atom stereocenters. The first-order valence-corrected chi connectivity index (χ1v) is 6.14. The van der Waals surface area contributed by atoms with E-state index in [1.165, 1.54) is 0 Å². The van der Waals surface area contributed by atoms with Crippen molar-refractivity contribution in [3.05, 3.63) is 41.3 Å². The van der Waals surface area contributed by atoms with Gasteiger partial charge in [0, 0.05) is 23.0 Å². The summed E-state index contributed by atoms with van der Waals surface area (Å²) < 4.78 is 0. The smallest absolute Gasteiger partial charge is 0.110 e. The number of benzene rings is 1. The van der Waals surface area contributed by atoms with Crippen LogP contribution >= 0.6 is 11.6 Å². The number of imidazole rings is 1. The lowest BCUT2D eigenvalue weighted by Crippen LogP contribution is -2.12. The zero-order chi connectivity index (χ0) is 12.3. The molecule has 0 saturated heterocycles. The average molecular weight is 250 g/mol. The second-order valence-electron chi connectivity index (χ2n) is 4.00. The SMILES string of the molecule is CCC(CN)c1ncc(-c2ccccc2Cl)[nH]1. The number of halogens is 1. The normalized spacial score (nSPS) is 12.6. The number of hydrogen-bond donors (Lipinski definition) is 2. The minimum absolute atomic E-state index is 0.284. The summed E-state index contributed by atoms with van der Waals surface area (Å²) in [5.74, 6) is 1.22. The Kier molecular flexibility index (Phi) is 3.82. The van der Waals surface area contributed by atoms with Crippen LogP contribution in [0.3, 0.4) is 0 Å². The summed E-state index contributed by atoms with van der Waals surface area (Å²) in [5, 5.41) is 0.725. The maximum absolute atomic E-state index is 6.14. The monoisotopic (exact) mass is 249 g/mol. The fourth-order valence-corrected chi connectivity index (χ4v) is 2.07. The number of nitrogens with two attached hydrogens (primary N) is 1. The molecule has 17 heavy (non-hydrogen) atoms. The quantitative estimate of drug-likeness (QED) is 0.874. The van der Waals surface area contributed by atoms with E-state index in [1.54, 1.807) is 0 Å². The number of rotatable bonds is 4. The Bertz CT molecular complexity index is 489. The first kappa shape index (κ1) is 12.1. The van der Waals surface area contributed by atoms with Gasteiger partial charge in [-0.25, -0.2) is 4.98 Å². The Morgan fingerprint density at radius 1 is 1.41 bits per heavy atom. The Labute approximate surface area is 106 Å². The molecule has 0 spiro atoms. The number of aromatic nitrogens is 2. The largest absolute Gasteiger partial charge is 0.342 e. The van der Waals surface area contributed by atoms with Gasteiger partial charge in [0.15, 0.2) is 0 Å². The zero-order valence-electron chi connectivity index (χ0n) is 9.78. The highest BCUT2D eigenvalue weighted by atomic mass is 35.5. The molecule has 1 atom stereocenters. The van der Waals surface area contributed by atoms with Crippen molar-refractivity contribution in [1.29, 1.82) is 0 Å². The molecule has 0 aliphatic heterocycles. The molecular formula is C13H16ClN3. The van der Waals surface area contributed by atoms with Crippen molar-refractivity contribution in [3.8, 4) is 11.3 Å². The van der Waals surface area contributed by atoms with Crippen molar-refractivity contribution in [2.75, 3.05) is 6.54 Å². The van der Waals surface area contributed by atoms with E-state index in [4.69, 9.17) is 17.3 Å². The molecule has 0 fully saturated rings. The van der Waals surface area contributed by atoms with Crippen molar-refractivity contribution in [1.82, 2.24) is 9.97 Å². The van der Waals surface area contributed by atoms with Crippen molar-refractivity contribution in [2.24, 2.45) is 5.73 Å². The maximum atomic E-state index is 6.14. The van der Waals surface area contributed by atoms with Crippen LogP contribution in [0.25, 0.3) is 11.3 Å². The first-order chi connectivity index (χ1) is 8.26. The van der Waals surface area contributed by atoms with E-state index in [0.29, 0.717) is 6.54 Å². The van der Waals surface area contributed by atoms with Crippen molar-refractivity contribution >= 4 is 11.6 Å². The van der Waals surface area contributed by atoms with Gasteiger partial charge in [0.25, 0.3) is 0 Å². The molecule has 2 rings (SSSR count). The van der Waals surface area contributed by atoms with Crippen LogP contribution in [0, 0.1) is 0 Å². The molecule has 0 bridgehead atoms. The number of nitrogens with zero attached hydrogens (tertiary/aromatic N) is 1. The number of hydrogen-bond acceptors (Lipinski definition) is 2. The Hall–Kier alpha value is -1.32. The predicted molar refractivity (Wildman–Crippen MR) is 71.1 cm³/mol. The zero-order valence-corrected chi connectivity index (χ0v) is 10.5. The highest BCUT2D eigenvalue weighted by molar-refractivity contribution is 6.33. The fraction of sp³-hybridized carbons (Fsp3) is 0.308. The second-order valence-corrected chi connectivity index (χ2v) is 4.41. The van der Waals surface area contributed by atoms with Crippen LogP contribution in [0.5, 0.6) is 0 Å². The van der Waals surface area contributed by atoms with E-state index in [0.717, 1.165) is 28.5 Å². The van der Waals surface area contributed by atoms with Crippen molar-refractivity contribution in [3.63, 3.8) is 0 Å². The standard InChI is InChI=1S/C13H16ClN3/c1-2-9(7-15)13-16-8-12(17-13)10-5-3-4-6-11(10)14/h3-6,8-9H,2,7,15H2,1H3,(H,16,17). The summed E-state index contributed by atoms with van der Waals surface area (Å²) in [7, 11) is 0. The molecule has 0 aliphatic carbocycles. The fourth-order valence-electron chi connectivity index (χ4n) is 1.83. The van der Waals surface area contributed by atoms with Crippen LogP contribution in [0.2, 0.25) is 5.02 Å². The molecule has 1 aromatic heterocycles. The molecule has 0 aliphatic rings. The van der Waals surface area contributed by atoms with Crippen LogP contribution in [0.1, 0.15) is 25.1 Å². The summed E-state index contributed by atoms with van der Waals surface area (Å²) in [6.45, 7) is 2.71. The van der Waals surface area contributed by atoms with E-state index >= 15 is 0 Å². The van der Waals surface area contributed by atoms with Gasteiger partial charge in [-0.2, -0.15) is 0 Å². The highest BCUT2D eigenvalue weighted by Crippen LogP contribution is 2.27. The third-order valence-corrected chi connectivity index (χ3v) is 3.25. The molecule has 3 nitrogen and oxygen atoms in total. The van der Waals surface area contributed by atoms with Gasteiger partial charge in [-0.1, -0.05) is 36.7 Å². The molecule has 3 N–H and O–H groups in total. The van der Waals surface area contributed by atoms with E-state index in [9.17, 15) is 0 Å². The minimum atomic E-state index is 0.284. The van der Waals surface area contributed by atoms with Gasteiger partial charge in [-0.15, -0.1) is 0 Å². The number of aromatic amines is 1. The molecule has 0 saturated carbocycles. The van der Waals surface area contributed by atoms with Crippen LogP contribution in [-0.2, 0) is 0 Å². The molecule has 90 valence electrons. The molecule has 4 heteroatoms. The van der Waals surface area contributed by atoms with Crippen LogP contribution in [-0.4, -0.2) is 16.5 Å². The van der Waals surface area contributed by atoms with E-state index < -0.39 is 0 Å². The van der Waals surface area contributed by atoms with Gasteiger partial charge >= 0.3 is 0 Å². The lowest BCUT2D eigenvalue weighted by molar-refractivity contribution is 0.639. The lowest BCUT2D eigenvalue weighted by atomic mass is 10.1. The summed E-state index contributed by atoms with van der Waals surface area (Å²) in [5.41, 5.74) is 7.62. The van der Waals surface area contributed by atoms with Gasteiger partial charge in [0.05, 0.1) is 11.9 Å². The highest BCUT2D eigenvalue weighted by Gasteiger charge is 2.12.